The molecule has 36 heavy (non-hydrogen) atoms. The van der Waals surface area contributed by atoms with Crippen molar-refractivity contribution in [3.05, 3.63) is 35.4 Å². The minimum absolute atomic E-state index is 0.0778. The van der Waals surface area contributed by atoms with Crippen LogP contribution in [-0.4, -0.2) is 67.4 Å². The first kappa shape index (κ1) is 25.5. The van der Waals surface area contributed by atoms with Gasteiger partial charge in [-0.2, -0.15) is 0 Å². The van der Waals surface area contributed by atoms with Crippen LogP contribution in [0.25, 0.3) is 0 Å². The number of ether oxygens (including phenoxy) is 1. The summed E-state index contributed by atoms with van der Waals surface area (Å²) < 4.78 is 5.21. The number of rotatable bonds is 5. The average Bonchev–Trinajstić information content (AvgIpc) is 3.18. The summed E-state index contributed by atoms with van der Waals surface area (Å²) in [7, 11) is 1.46. The summed E-state index contributed by atoms with van der Waals surface area (Å²) in [5, 5.41) is 11.0. The summed E-state index contributed by atoms with van der Waals surface area (Å²) in [6, 6.07) is 4.62. The van der Waals surface area contributed by atoms with E-state index in [4.69, 9.17) is 27.9 Å². The first-order valence-electron chi connectivity index (χ1n) is 11.8. The van der Waals surface area contributed by atoms with Crippen molar-refractivity contribution in [2.75, 3.05) is 19.1 Å². The normalized spacial score (nSPS) is 35.5. The molecule has 2 aliphatic heterocycles. The van der Waals surface area contributed by atoms with Crippen LogP contribution in [0.3, 0.4) is 0 Å². The van der Waals surface area contributed by atoms with Crippen molar-refractivity contribution in [2.24, 2.45) is 17.8 Å². The number of phenolic OH excluding ortho intramolecular Hbond substituents is 1. The highest BCUT2D eigenvalue weighted by Gasteiger charge is 2.76. The smallest absolute Gasteiger partial charge is 0.254 e. The van der Waals surface area contributed by atoms with Crippen molar-refractivity contribution < 1.29 is 29.0 Å². The lowest BCUT2D eigenvalue weighted by atomic mass is 9.56. The molecule has 1 aromatic carbocycles. The number of aromatic hydroxyl groups is 1. The molecule has 11 heteroatoms. The van der Waals surface area contributed by atoms with Crippen LogP contribution in [-0.2, 0) is 19.2 Å². The van der Waals surface area contributed by atoms with Gasteiger partial charge in [0.15, 0.2) is 9.75 Å². The van der Waals surface area contributed by atoms with E-state index in [-0.39, 0.29) is 29.4 Å². The Morgan fingerprint density at radius 2 is 1.83 bits per heavy atom. The molecular weight excluding hydrogens is 575 g/mol. The van der Waals surface area contributed by atoms with Crippen molar-refractivity contribution in [1.82, 2.24) is 9.80 Å². The number of phenols is 1. The summed E-state index contributed by atoms with van der Waals surface area (Å²) >= 11 is 17.4. The lowest BCUT2D eigenvalue weighted by Gasteiger charge is -2.50. The second kappa shape index (κ2) is 8.74. The number of allylic oxidation sites excluding steroid dienone is 2. The predicted octanol–water partition coefficient (Wildman–Crippen LogP) is 3.52. The van der Waals surface area contributed by atoms with Crippen molar-refractivity contribution >= 4 is 62.8 Å². The maximum atomic E-state index is 13.7. The Morgan fingerprint density at radius 3 is 2.44 bits per heavy atom. The van der Waals surface area contributed by atoms with Gasteiger partial charge in [-0.05, 0) is 31.2 Å². The molecule has 8 nitrogen and oxygen atoms in total. The number of imide groups is 2. The molecule has 6 atom stereocenters. The Hall–Kier alpha value is -2.10. The van der Waals surface area contributed by atoms with Crippen LogP contribution >= 0.6 is 39.1 Å². The molecule has 4 aliphatic rings. The summed E-state index contributed by atoms with van der Waals surface area (Å²) in [6.45, 7) is 2.21. The monoisotopic (exact) mass is 598 g/mol. The number of likely N-dealkylation sites (tertiary alicyclic amines) is 2. The van der Waals surface area contributed by atoms with Crippen molar-refractivity contribution in [1.29, 1.82) is 0 Å². The fourth-order valence-electron chi connectivity index (χ4n) is 6.50. The molecular formula is C25H25BrCl2N2O6. The number of fused-ring (bicyclic) bond motifs is 4. The van der Waals surface area contributed by atoms with Crippen LogP contribution < -0.4 is 4.74 Å². The van der Waals surface area contributed by atoms with Gasteiger partial charge < -0.3 is 9.84 Å². The lowest BCUT2D eigenvalue weighted by molar-refractivity contribution is -0.141. The first-order chi connectivity index (χ1) is 17.1. The predicted molar refractivity (Wildman–Crippen MR) is 135 cm³/mol. The number of benzene rings is 1. The number of hydrogen-bond donors (Lipinski definition) is 1. The van der Waals surface area contributed by atoms with Gasteiger partial charge >= 0.3 is 0 Å². The highest BCUT2D eigenvalue weighted by molar-refractivity contribution is 9.09. The minimum atomic E-state index is -1.95. The maximum Gasteiger partial charge on any atom is 0.254 e. The van der Waals surface area contributed by atoms with Gasteiger partial charge in [0.25, 0.3) is 11.8 Å². The van der Waals surface area contributed by atoms with E-state index in [1.54, 1.807) is 12.1 Å². The molecule has 2 saturated heterocycles. The van der Waals surface area contributed by atoms with Crippen molar-refractivity contribution in [2.45, 2.75) is 41.9 Å². The van der Waals surface area contributed by atoms with Crippen LogP contribution in [0.5, 0.6) is 11.5 Å². The number of hydrogen-bond acceptors (Lipinski definition) is 6. The van der Waals surface area contributed by atoms with Crippen LogP contribution in [0, 0.1) is 17.8 Å². The number of amides is 4. The Labute approximate surface area is 226 Å². The summed E-state index contributed by atoms with van der Waals surface area (Å²) in [6.07, 6.45) is 2.68. The third-order valence-electron chi connectivity index (χ3n) is 8.10. The zero-order valence-corrected chi connectivity index (χ0v) is 22.8. The van der Waals surface area contributed by atoms with Gasteiger partial charge in [0.2, 0.25) is 11.8 Å². The Balaban J connectivity index is 1.72. The van der Waals surface area contributed by atoms with Crippen LogP contribution in [0.15, 0.2) is 29.8 Å². The van der Waals surface area contributed by atoms with Crippen molar-refractivity contribution in [3.8, 4) is 11.5 Å². The third kappa shape index (κ3) is 3.11. The number of methoxy groups -OCH3 is 1. The summed E-state index contributed by atoms with van der Waals surface area (Å²) in [5.41, 5.74) is 0.830. The zero-order valence-electron chi connectivity index (χ0n) is 19.7. The molecule has 0 radical (unpaired) electrons. The highest BCUT2D eigenvalue weighted by Crippen LogP contribution is 2.66. The Morgan fingerprint density at radius 1 is 1.11 bits per heavy atom. The molecule has 192 valence electrons. The molecule has 2 heterocycles. The van der Waals surface area contributed by atoms with Crippen molar-refractivity contribution in [3.63, 3.8) is 0 Å². The molecule has 0 unspecified atom stereocenters. The van der Waals surface area contributed by atoms with E-state index >= 15 is 0 Å². The molecule has 1 saturated carbocycles. The van der Waals surface area contributed by atoms with Crippen LogP contribution in [0.1, 0.15) is 37.7 Å². The Bertz CT molecular complexity index is 1220. The van der Waals surface area contributed by atoms with E-state index in [1.807, 2.05) is 13.0 Å². The number of alkyl halides is 3. The standard InChI is InChI=1S/C25H25BrCl2N2O6/c1-3-8-29-20(32)15-7-6-13-16(18(15)21(29)33)10-24(27)22(34)30(11-26)23(35)25(24,28)19(13)14-5-4-12(36-2)9-17(14)31/h4-6,9,15-16,18-19,31H,3,7-8,10-11H2,1-2H3/t15-,16+,18-,19+,24+,25-/m0/s1. The fourth-order valence-corrected chi connectivity index (χ4v) is 7.92. The third-order valence-corrected chi connectivity index (χ3v) is 10.0. The summed E-state index contributed by atoms with van der Waals surface area (Å²) in [4.78, 5) is 52.2. The molecule has 0 spiro atoms. The largest absolute Gasteiger partial charge is 0.508 e. The van der Waals surface area contributed by atoms with E-state index in [1.165, 1.54) is 18.1 Å². The molecule has 0 aromatic heterocycles. The van der Waals surface area contributed by atoms with E-state index in [0.29, 0.717) is 36.3 Å². The highest BCUT2D eigenvalue weighted by atomic mass is 79.9. The van der Waals surface area contributed by atoms with E-state index in [0.717, 1.165) is 4.90 Å². The van der Waals surface area contributed by atoms with E-state index in [9.17, 15) is 24.3 Å². The molecule has 0 bridgehead atoms. The Kier molecular flexibility index (Phi) is 6.20. The fraction of sp³-hybridized carbons (Fsp3) is 0.520. The summed E-state index contributed by atoms with van der Waals surface area (Å²) in [5.74, 6) is -4.55. The topological polar surface area (TPSA) is 104 Å². The van der Waals surface area contributed by atoms with Gasteiger partial charge in [0.1, 0.15) is 11.5 Å². The maximum absolute atomic E-state index is 13.7. The number of carbonyl (C=O) groups excluding carboxylic acids is 4. The zero-order chi connectivity index (χ0) is 26.2. The lowest BCUT2D eigenvalue weighted by Crippen LogP contribution is -2.60. The first-order valence-corrected chi connectivity index (χ1v) is 13.7. The average molecular weight is 600 g/mol. The van der Waals surface area contributed by atoms with Gasteiger partial charge in [0, 0.05) is 24.1 Å². The number of carbonyl (C=O) groups is 4. The second-order valence-corrected chi connectivity index (χ2v) is 11.5. The van der Waals surface area contributed by atoms with E-state index in [2.05, 4.69) is 15.9 Å². The van der Waals surface area contributed by atoms with Crippen LogP contribution in [0.4, 0.5) is 0 Å². The number of nitrogens with zero attached hydrogens (tertiary/aromatic N) is 2. The SMILES string of the molecule is CCCN1C(=O)[C@H]2[C@H](CC=C3[C@H]2C[C@@]2(Cl)C(=O)N(CBr)C(=O)[C@@]2(Cl)[C@H]3c2ccc(OC)cc2O)C1=O. The molecule has 5 rings (SSSR count). The van der Waals surface area contributed by atoms with Gasteiger partial charge in [-0.15, -0.1) is 23.2 Å². The second-order valence-electron chi connectivity index (χ2n) is 9.74. The van der Waals surface area contributed by atoms with Gasteiger partial charge in [-0.25, -0.2) is 0 Å². The quantitative estimate of drug-likeness (QED) is 0.240. The minimum Gasteiger partial charge on any atom is -0.508 e. The number of halogens is 3. The molecule has 3 fully saturated rings. The van der Waals surface area contributed by atoms with Crippen LogP contribution in [0.2, 0.25) is 0 Å². The van der Waals surface area contributed by atoms with Gasteiger partial charge in [0.05, 0.1) is 24.4 Å². The molecule has 2 aliphatic carbocycles. The van der Waals surface area contributed by atoms with E-state index < -0.39 is 45.2 Å². The molecule has 1 N–H and O–H groups in total. The molecule has 1 aromatic rings. The van der Waals surface area contributed by atoms with Gasteiger partial charge in [-0.3, -0.25) is 29.0 Å². The molecule has 4 amide bonds. The van der Waals surface area contributed by atoms with Gasteiger partial charge in [-0.1, -0.05) is 40.6 Å².